The highest BCUT2D eigenvalue weighted by atomic mass is 32.1. The van der Waals surface area contributed by atoms with E-state index in [2.05, 4.69) is 21.2 Å². The number of fused-ring (bicyclic) bond motifs is 2. The van der Waals surface area contributed by atoms with Crippen LogP contribution in [0.5, 0.6) is 5.75 Å². The molecule has 0 aliphatic rings. The van der Waals surface area contributed by atoms with Crippen molar-refractivity contribution in [3.63, 3.8) is 0 Å². The van der Waals surface area contributed by atoms with Gasteiger partial charge in [-0.3, -0.25) is 30.7 Å². The van der Waals surface area contributed by atoms with Gasteiger partial charge in [0, 0.05) is 17.0 Å². The summed E-state index contributed by atoms with van der Waals surface area (Å²) in [5.74, 6) is -0.855. The zero-order valence-corrected chi connectivity index (χ0v) is 18.1. The van der Waals surface area contributed by atoms with Crippen LogP contribution in [0.15, 0.2) is 76.1 Å². The number of thiocarbonyl (C=S) groups is 1. The summed E-state index contributed by atoms with van der Waals surface area (Å²) in [6.45, 7) is 1.56. The van der Waals surface area contributed by atoms with Gasteiger partial charge in [-0.1, -0.05) is 36.4 Å². The standard InChI is InChI=1S/C23H18N4O5S/c1-13(31-18-10-4-7-14-8-5-11-24-19(14)18)20(28)26-27-23(33)25-21(29)16-12-15-6-2-3-9-17(15)32-22(16)30/h2-13H,1H3,(H,26,28)(H2,25,27,29,33). The molecule has 3 N–H and O–H groups in total. The van der Waals surface area contributed by atoms with E-state index in [1.807, 2.05) is 18.2 Å². The van der Waals surface area contributed by atoms with Crippen LogP contribution in [-0.4, -0.2) is 28.0 Å². The fourth-order valence-corrected chi connectivity index (χ4v) is 3.20. The molecule has 2 aromatic carbocycles. The second-order valence-electron chi connectivity index (χ2n) is 6.97. The third-order valence-corrected chi connectivity index (χ3v) is 4.89. The number of nitrogens with zero attached hydrogens (tertiary/aromatic N) is 1. The SMILES string of the molecule is CC(Oc1cccc2cccnc12)C(=O)NNC(=S)NC(=O)c1cc2ccccc2oc1=O. The fourth-order valence-electron chi connectivity index (χ4n) is 3.06. The number of hydrazine groups is 1. The minimum atomic E-state index is -0.892. The summed E-state index contributed by atoms with van der Waals surface area (Å²) in [5, 5.41) is 3.58. The number of amides is 2. The molecule has 0 fully saturated rings. The lowest BCUT2D eigenvalue weighted by Gasteiger charge is -2.17. The van der Waals surface area contributed by atoms with Gasteiger partial charge in [-0.2, -0.15) is 0 Å². The van der Waals surface area contributed by atoms with Crippen molar-refractivity contribution < 1.29 is 18.7 Å². The predicted octanol–water partition coefficient (Wildman–Crippen LogP) is 2.44. The van der Waals surface area contributed by atoms with Crippen molar-refractivity contribution in [2.75, 3.05) is 0 Å². The Hall–Kier alpha value is -4.31. The number of hydrogen-bond acceptors (Lipinski definition) is 7. The molecule has 0 radical (unpaired) electrons. The second kappa shape index (κ2) is 9.45. The molecule has 166 valence electrons. The zero-order valence-electron chi connectivity index (χ0n) is 17.3. The van der Waals surface area contributed by atoms with Gasteiger partial charge in [0.1, 0.15) is 22.4 Å². The van der Waals surface area contributed by atoms with Crippen molar-refractivity contribution in [2.24, 2.45) is 0 Å². The summed E-state index contributed by atoms with van der Waals surface area (Å²) in [4.78, 5) is 41.2. The Labute approximate surface area is 192 Å². The summed E-state index contributed by atoms with van der Waals surface area (Å²) in [6.07, 6.45) is 0.745. The number of ether oxygens (including phenoxy) is 1. The number of carbonyl (C=O) groups excluding carboxylic acids is 2. The molecule has 1 unspecified atom stereocenters. The first kappa shape index (κ1) is 21.9. The molecule has 0 spiro atoms. The minimum absolute atomic E-state index is 0.208. The molecule has 0 saturated carbocycles. The van der Waals surface area contributed by atoms with Crippen LogP contribution in [-0.2, 0) is 4.79 Å². The van der Waals surface area contributed by atoms with Gasteiger partial charge in [0.05, 0.1) is 0 Å². The van der Waals surface area contributed by atoms with Crippen LogP contribution in [0.25, 0.3) is 21.9 Å². The first-order valence-electron chi connectivity index (χ1n) is 9.87. The van der Waals surface area contributed by atoms with E-state index in [1.165, 1.54) is 6.07 Å². The van der Waals surface area contributed by atoms with E-state index in [0.717, 1.165) is 5.39 Å². The Bertz CT molecular complexity index is 1430. The monoisotopic (exact) mass is 462 g/mol. The van der Waals surface area contributed by atoms with E-state index in [4.69, 9.17) is 21.4 Å². The van der Waals surface area contributed by atoms with Crippen molar-refractivity contribution in [3.05, 3.63) is 82.8 Å². The van der Waals surface area contributed by atoms with Gasteiger partial charge in [0.25, 0.3) is 11.8 Å². The number of nitrogens with one attached hydrogen (secondary N) is 3. The molecule has 0 bridgehead atoms. The highest BCUT2D eigenvalue weighted by Gasteiger charge is 2.18. The molecule has 0 saturated heterocycles. The van der Waals surface area contributed by atoms with Crippen LogP contribution in [0.1, 0.15) is 17.3 Å². The lowest BCUT2D eigenvalue weighted by molar-refractivity contribution is -0.127. The molecule has 10 heteroatoms. The Morgan fingerprint density at radius 3 is 2.64 bits per heavy atom. The largest absolute Gasteiger partial charge is 0.479 e. The zero-order chi connectivity index (χ0) is 23.4. The average Bonchev–Trinajstić information content (AvgIpc) is 2.82. The molecule has 4 rings (SSSR count). The molecule has 0 aliphatic carbocycles. The highest BCUT2D eigenvalue weighted by Crippen LogP contribution is 2.23. The average molecular weight is 462 g/mol. The van der Waals surface area contributed by atoms with E-state index in [1.54, 1.807) is 49.5 Å². The number of carbonyl (C=O) groups is 2. The normalized spacial score (nSPS) is 11.5. The Morgan fingerprint density at radius 2 is 1.79 bits per heavy atom. The van der Waals surface area contributed by atoms with Crippen LogP contribution in [0.2, 0.25) is 0 Å². The molecular formula is C23H18N4O5S. The lowest BCUT2D eigenvalue weighted by Crippen LogP contribution is -2.52. The predicted molar refractivity (Wildman–Crippen MR) is 126 cm³/mol. The molecule has 2 amide bonds. The molecule has 2 aromatic heterocycles. The van der Waals surface area contributed by atoms with Crippen LogP contribution in [0, 0.1) is 0 Å². The molecule has 2 heterocycles. The molecule has 0 aliphatic heterocycles. The van der Waals surface area contributed by atoms with Gasteiger partial charge in [0.15, 0.2) is 11.2 Å². The third-order valence-electron chi connectivity index (χ3n) is 4.68. The van der Waals surface area contributed by atoms with Gasteiger partial charge in [-0.25, -0.2) is 4.79 Å². The van der Waals surface area contributed by atoms with Gasteiger partial charge in [0.2, 0.25) is 0 Å². The van der Waals surface area contributed by atoms with Crippen LogP contribution < -0.4 is 26.5 Å². The summed E-state index contributed by atoms with van der Waals surface area (Å²) in [6, 6.07) is 17.3. The maximum atomic E-state index is 12.4. The smallest absolute Gasteiger partial charge is 0.349 e. The Balaban J connectivity index is 1.34. The van der Waals surface area contributed by atoms with Crippen molar-refractivity contribution in [3.8, 4) is 5.75 Å². The van der Waals surface area contributed by atoms with Gasteiger partial charge >= 0.3 is 5.63 Å². The van der Waals surface area contributed by atoms with E-state index in [9.17, 15) is 14.4 Å². The van der Waals surface area contributed by atoms with Crippen molar-refractivity contribution in [1.82, 2.24) is 21.2 Å². The van der Waals surface area contributed by atoms with E-state index in [-0.39, 0.29) is 10.7 Å². The first-order valence-corrected chi connectivity index (χ1v) is 10.3. The van der Waals surface area contributed by atoms with Crippen LogP contribution >= 0.6 is 12.2 Å². The van der Waals surface area contributed by atoms with E-state index < -0.39 is 23.5 Å². The Kier molecular flexibility index (Phi) is 6.27. The Morgan fingerprint density at radius 1 is 1.03 bits per heavy atom. The topological polar surface area (TPSA) is 123 Å². The molecule has 33 heavy (non-hydrogen) atoms. The highest BCUT2D eigenvalue weighted by molar-refractivity contribution is 7.80. The minimum Gasteiger partial charge on any atom is -0.479 e. The third kappa shape index (κ3) is 4.96. The first-order chi connectivity index (χ1) is 15.9. The van der Waals surface area contributed by atoms with Crippen molar-refractivity contribution in [2.45, 2.75) is 13.0 Å². The molecule has 4 aromatic rings. The molecular weight excluding hydrogens is 444 g/mol. The van der Waals surface area contributed by atoms with Crippen LogP contribution in [0.3, 0.4) is 0 Å². The van der Waals surface area contributed by atoms with E-state index in [0.29, 0.717) is 22.2 Å². The quantitative estimate of drug-likeness (QED) is 0.240. The summed E-state index contributed by atoms with van der Waals surface area (Å²) < 4.78 is 10.9. The summed E-state index contributed by atoms with van der Waals surface area (Å²) in [5.41, 5.74) is 4.75. The second-order valence-corrected chi connectivity index (χ2v) is 7.38. The maximum absolute atomic E-state index is 12.4. The van der Waals surface area contributed by atoms with Crippen molar-refractivity contribution >= 4 is 51.0 Å². The van der Waals surface area contributed by atoms with Crippen molar-refractivity contribution in [1.29, 1.82) is 0 Å². The van der Waals surface area contributed by atoms with Gasteiger partial charge in [-0.05, 0) is 43.4 Å². The number of aromatic nitrogens is 1. The van der Waals surface area contributed by atoms with Gasteiger partial charge in [-0.15, -0.1) is 0 Å². The number of benzene rings is 2. The summed E-state index contributed by atoms with van der Waals surface area (Å²) in [7, 11) is 0. The summed E-state index contributed by atoms with van der Waals surface area (Å²) >= 11 is 5.03. The lowest BCUT2D eigenvalue weighted by atomic mass is 10.2. The fraction of sp³-hybridized carbons (Fsp3) is 0.0870. The van der Waals surface area contributed by atoms with E-state index >= 15 is 0 Å². The number of rotatable bonds is 4. The number of pyridine rings is 1. The van der Waals surface area contributed by atoms with Gasteiger partial charge < -0.3 is 9.15 Å². The molecule has 1 atom stereocenters. The maximum Gasteiger partial charge on any atom is 0.349 e. The molecule has 9 nitrogen and oxygen atoms in total. The van der Waals surface area contributed by atoms with Crippen LogP contribution in [0.4, 0.5) is 0 Å². The number of para-hydroxylation sites is 2. The number of hydrogen-bond donors (Lipinski definition) is 3.